The first kappa shape index (κ1) is 19.4. The predicted octanol–water partition coefficient (Wildman–Crippen LogP) is 3.63. The van der Waals surface area contributed by atoms with Gasteiger partial charge in [0.2, 0.25) is 5.90 Å². The summed E-state index contributed by atoms with van der Waals surface area (Å²) >= 11 is 6.18. The Morgan fingerprint density at radius 3 is 2.64 bits per heavy atom. The minimum Gasteiger partial charge on any atom is -0.497 e. The molecule has 0 fully saturated rings. The second-order valence-electron chi connectivity index (χ2n) is 5.70. The molecule has 0 amide bonds. The van der Waals surface area contributed by atoms with Crippen molar-refractivity contribution in [2.24, 2.45) is 4.99 Å². The highest BCUT2D eigenvalue weighted by Gasteiger charge is 2.25. The molecule has 0 saturated carbocycles. The number of carbonyl (C=O) groups excluding carboxylic acids is 2. The van der Waals surface area contributed by atoms with Gasteiger partial charge in [-0.1, -0.05) is 17.7 Å². The molecule has 0 aliphatic carbocycles. The van der Waals surface area contributed by atoms with Crippen molar-refractivity contribution in [1.82, 2.24) is 0 Å². The van der Waals surface area contributed by atoms with Crippen LogP contribution >= 0.6 is 11.6 Å². The molecule has 1 aliphatic rings. The molecule has 28 heavy (non-hydrogen) atoms. The number of hydrogen-bond donors (Lipinski definition) is 0. The number of rotatable bonds is 5. The summed E-state index contributed by atoms with van der Waals surface area (Å²) in [4.78, 5) is 27.7. The van der Waals surface area contributed by atoms with Crippen molar-refractivity contribution >= 4 is 35.5 Å². The second-order valence-corrected chi connectivity index (χ2v) is 6.10. The highest BCUT2D eigenvalue weighted by atomic mass is 35.5. The van der Waals surface area contributed by atoms with E-state index in [2.05, 4.69) is 4.99 Å². The largest absolute Gasteiger partial charge is 0.497 e. The van der Waals surface area contributed by atoms with Crippen molar-refractivity contribution in [1.29, 1.82) is 0 Å². The van der Waals surface area contributed by atoms with E-state index < -0.39 is 11.9 Å². The van der Waals surface area contributed by atoms with Crippen LogP contribution in [-0.4, -0.2) is 32.1 Å². The summed E-state index contributed by atoms with van der Waals surface area (Å²) in [7, 11) is 2.96. The smallest absolute Gasteiger partial charge is 0.363 e. The van der Waals surface area contributed by atoms with Crippen molar-refractivity contribution < 1.29 is 28.5 Å². The molecule has 144 valence electrons. The molecule has 3 rings (SSSR count). The number of esters is 2. The molecule has 0 atom stereocenters. The molecule has 2 aromatic rings. The fourth-order valence-electron chi connectivity index (χ4n) is 2.51. The van der Waals surface area contributed by atoms with E-state index in [0.29, 0.717) is 16.9 Å². The van der Waals surface area contributed by atoms with Crippen LogP contribution in [-0.2, 0) is 14.3 Å². The predicted molar refractivity (Wildman–Crippen MR) is 103 cm³/mol. The summed E-state index contributed by atoms with van der Waals surface area (Å²) in [5, 5.41) is 0.157. The van der Waals surface area contributed by atoms with E-state index in [-0.39, 0.29) is 28.1 Å². The van der Waals surface area contributed by atoms with Crippen molar-refractivity contribution in [3.05, 3.63) is 58.2 Å². The second kappa shape index (κ2) is 8.14. The first-order valence-corrected chi connectivity index (χ1v) is 8.52. The average Bonchev–Trinajstić information content (AvgIpc) is 3.04. The van der Waals surface area contributed by atoms with Crippen LogP contribution in [0.4, 0.5) is 0 Å². The molecule has 2 aromatic carbocycles. The summed E-state index contributed by atoms with van der Waals surface area (Å²) in [5.41, 5.74) is 1.23. The van der Waals surface area contributed by atoms with Gasteiger partial charge >= 0.3 is 11.9 Å². The van der Waals surface area contributed by atoms with Crippen LogP contribution < -0.4 is 14.2 Å². The minimum atomic E-state index is -0.600. The van der Waals surface area contributed by atoms with Gasteiger partial charge in [0.15, 0.2) is 17.2 Å². The quantitative estimate of drug-likeness (QED) is 0.432. The number of aliphatic imine (C=N–C) groups is 1. The van der Waals surface area contributed by atoms with E-state index in [9.17, 15) is 9.59 Å². The Balaban J connectivity index is 1.96. The summed E-state index contributed by atoms with van der Waals surface area (Å²) in [6, 6.07) is 10.1. The summed E-state index contributed by atoms with van der Waals surface area (Å²) in [5.74, 6) is 0.0116. The lowest BCUT2D eigenvalue weighted by atomic mass is 10.1. The van der Waals surface area contributed by atoms with Crippen LogP contribution in [0.3, 0.4) is 0 Å². The number of halogens is 1. The van der Waals surface area contributed by atoms with Gasteiger partial charge in [0, 0.05) is 12.5 Å². The van der Waals surface area contributed by atoms with Gasteiger partial charge < -0.3 is 18.9 Å². The van der Waals surface area contributed by atoms with Gasteiger partial charge in [0.25, 0.3) is 0 Å². The fraction of sp³-hybridized carbons (Fsp3) is 0.150. The van der Waals surface area contributed by atoms with Crippen molar-refractivity contribution in [3.8, 4) is 17.2 Å². The van der Waals surface area contributed by atoms with Gasteiger partial charge in [-0.2, -0.15) is 0 Å². The Hall–Kier alpha value is -3.32. The summed E-state index contributed by atoms with van der Waals surface area (Å²) in [6.07, 6.45) is 1.50. The van der Waals surface area contributed by atoms with E-state index in [1.807, 2.05) is 0 Å². The molecule has 0 bridgehead atoms. The maximum absolute atomic E-state index is 12.2. The SMILES string of the molecule is COc1cccc(C2=N/C(=C\c3cc(Cl)c(OC(C)=O)c(OC)c3)C(=O)O2)c1. The summed E-state index contributed by atoms with van der Waals surface area (Å²) < 4.78 is 20.7. The zero-order valence-electron chi connectivity index (χ0n) is 15.3. The van der Waals surface area contributed by atoms with Crippen LogP contribution in [0.25, 0.3) is 6.08 Å². The lowest BCUT2D eigenvalue weighted by molar-refractivity contribution is -0.132. The molecular formula is C20H16ClNO6. The first-order chi connectivity index (χ1) is 13.4. The van der Waals surface area contributed by atoms with E-state index in [1.54, 1.807) is 37.4 Å². The normalized spacial score (nSPS) is 14.5. The maximum Gasteiger partial charge on any atom is 0.363 e. The monoisotopic (exact) mass is 401 g/mol. The van der Waals surface area contributed by atoms with Crippen LogP contribution in [0.15, 0.2) is 47.1 Å². The Morgan fingerprint density at radius 1 is 1.18 bits per heavy atom. The van der Waals surface area contributed by atoms with Gasteiger partial charge in [-0.05, 0) is 42.0 Å². The molecule has 0 unspecified atom stereocenters. The van der Waals surface area contributed by atoms with E-state index in [1.165, 1.54) is 26.2 Å². The van der Waals surface area contributed by atoms with Crippen molar-refractivity contribution in [3.63, 3.8) is 0 Å². The van der Waals surface area contributed by atoms with E-state index >= 15 is 0 Å². The fourth-order valence-corrected chi connectivity index (χ4v) is 2.77. The molecule has 0 saturated heterocycles. The molecule has 0 N–H and O–H groups in total. The zero-order valence-corrected chi connectivity index (χ0v) is 16.1. The Morgan fingerprint density at radius 2 is 1.96 bits per heavy atom. The lowest BCUT2D eigenvalue weighted by Gasteiger charge is -2.10. The van der Waals surface area contributed by atoms with Crippen LogP contribution in [0.2, 0.25) is 5.02 Å². The summed E-state index contributed by atoms with van der Waals surface area (Å²) in [6.45, 7) is 1.26. The Labute approximate surface area is 166 Å². The lowest BCUT2D eigenvalue weighted by Crippen LogP contribution is -2.05. The van der Waals surface area contributed by atoms with Crippen LogP contribution in [0, 0.1) is 0 Å². The minimum absolute atomic E-state index is 0.0937. The van der Waals surface area contributed by atoms with E-state index in [4.69, 9.17) is 30.5 Å². The van der Waals surface area contributed by atoms with E-state index in [0.717, 1.165) is 0 Å². The molecular weight excluding hydrogens is 386 g/mol. The molecule has 1 aliphatic heterocycles. The standard InChI is InChI=1S/C20H16ClNO6/c1-11(23)27-18-15(21)7-12(9-17(18)26-3)8-16-20(24)28-19(22-16)13-5-4-6-14(10-13)25-2/h4-10H,1-3H3/b16-8-. The van der Waals surface area contributed by atoms with Gasteiger partial charge in [-0.25, -0.2) is 9.79 Å². The third-order valence-electron chi connectivity index (χ3n) is 3.74. The van der Waals surface area contributed by atoms with Crippen molar-refractivity contribution in [2.45, 2.75) is 6.92 Å². The molecule has 1 heterocycles. The number of benzene rings is 2. The average molecular weight is 402 g/mol. The van der Waals surface area contributed by atoms with Crippen LogP contribution in [0.5, 0.6) is 17.2 Å². The molecule has 0 radical (unpaired) electrons. The molecule has 7 nitrogen and oxygen atoms in total. The van der Waals surface area contributed by atoms with Crippen molar-refractivity contribution in [2.75, 3.05) is 14.2 Å². The van der Waals surface area contributed by atoms with Gasteiger partial charge in [0.1, 0.15) is 5.75 Å². The number of methoxy groups -OCH3 is 2. The maximum atomic E-state index is 12.2. The number of nitrogens with zero attached hydrogens (tertiary/aromatic N) is 1. The zero-order chi connectivity index (χ0) is 20.3. The van der Waals surface area contributed by atoms with Gasteiger partial charge in [-0.3, -0.25) is 4.79 Å². The van der Waals surface area contributed by atoms with Gasteiger partial charge in [-0.15, -0.1) is 0 Å². The Kier molecular flexibility index (Phi) is 5.65. The highest BCUT2D eigenvalue weighted by molar-refractivity contribution is 6.32. The third kappa shape index (κ3) is 4.15. The molecule has 8 heteroatoms. The van der Waals surface area contributed by atoms with Gasteiger partial charge in [0.05, 0.1) is 19.2 Å². The third-order valence-corrected chi connectivity index (χ3v) is 4.02. The number of carbonyl (C=O) groups is 2. The number of cyclic esters (lactones) is 1. The number of hydrogen-bond acceptors (Lipinski definition) is 7. The topological polar surface area (TPSA) is 83.4 Å². The number of ether oxygens (including phenoxy) is 4. The molecule has 0 spiro atoms. The Bertz CT molecular complexity index is 1010. The molecule has 0 aromatic heterocycles. The first-order valence-electron chi connectivity index (χ1n) is 8.14. The van der Waals surface area contributed by atoms with Crippen LogP contribution in [0.1, 0.15) is 18.1 Å². The highest BCUT2D eigenvalue weighted by Crippen LogP contribution is 2.37.